The van der Waals surface area contributed by atoms with Crippen molar-refractivity contribution < 1.29 is 0 Å². The topological polar surface area (TPSA) is 12.0 Å². The normalized spacial score (nSPS) is 14.7. The summed E-state index contributed by atoms with van der Waals surface area (Å²) in [5, 5.41) is 4.99. The summed E-state index contributed by atoms with van der Waals surface area (Å²) in [4.78, 5) is 0. The van der Waals surface area contributed by atoms with Crippen LogP contribution in [0.1, 0.15) is 20.8 Å². The summed E-state index contributed by atoms with van der Waals surface area (Å²) in [6.45, 7) is 7.54. The van der Waals surface area contributed by atoms with E-state index >= 15 is 0 Å². The number of nitrogens with one attached hydrogen (secondary N) is 1. The molecule has 3 heteroatoms. The number of halogens is 1. The number of hydrogen-bond donors (Lipinski definition) is 1. The number of rotatable bonds is 5. The molecule has 84 valence electrons. The lowest BCUT2D eigenvalue weighted by atomic mass is 10.2. The first-order valence-corrected chi connectivity index (χ1v) is 7.32. The van der Waals surface area contributed by atoms with E-state index in [0.717, 1.165) is 6.54 Å². The van der Waals surface area contributed by atoms with Crippen molar-refractivity contribution in [1.82, 2.24) is 5.32 Å². The molecular formula is C12H20ClNSi. The van der Waals surface area contributed by atoms with Crippen LogP contribution in [0.15, 0.2) is 30.3 Å². The molecule has 0 saturated heterocycles. The van der Waals surface area contributed by atoms with Crippen molar-refractivity contribution in [3.63, 3.8) is 0 Å². The maximum atomic E-state index is 6.35. The molecule has 1 rings (SSSR count). The summed E-state index contributed by atoms with van der Waals surface area (Å²) in [5.74, 6) is 0. The lowest BCUT2D eigenvalue weighted by molar-refractivity contribution is 0.534. The summed E-state index contributed by atoms with van der Waals surface area (Å²) >= 11 is 6.35. The van der Waals surface area contributed by atoms with E-state index in [9.17, 15) is 0 Å². The van der Waals surface area contributed by atoms with E-state index in [2.05, 4.69) is 56.4 Å². The van der Waals surface area contributed by atoms with Crippen molar-refractivity contribution in [3.8, 4) is 0 Å². The molecule has 1 aromatic rings. The molecule has 0 aliphatic carbocycles. The first-order valence-electron chi connectivity index (χ1n) is 5.47. The van der Waals surface area contributed by atoms with Crippen LogP contribution in [-0.2, 0) is 0 Å². The highest BCUT2D eigenvalue weighted by molar-refractivity contribution is 6.58. The molecule has 0 spiro atoms. The Bertz CT molecular complexity index is 287. The maximum absolute atomic E-state index is 6.35. The maximum Gasteiger partial charge on any atom is 0.0850 e. The Morgan fingerprint density at radius 2 is 1.93 bits per heavy atom. The Kier molecular flexibility index (Phi) is 4.83. The van der Waals surface area contributed by atoms with Crippen LogP contribution < -0.4 is 10.5 Å². The average Bonchev–Trinajstić information content (AvgIpc) is 2.19. The van der Waals surface area contributed by atoms with Crippen molar-refractivity contribution in [2.24, 2.45) is 0 Å². The van der Waals surface area contributed by atoms with E-state index in [1.54, 1.807) is 0 Å². The van der Waals surface area contributed by atoms with Crippen LogP contribution >= 0.6 is 11.6 Å². The summed E-state index contributed by atoms with van der Waals surface area (Å²) < 4.78 is 0. The van der Waals surface area contributed by atoms with E-state index in [1.165, 1.54) is 5.19 Å². The van der Waals surface area contributed by atoms with Gasteiger partial charge < -0.3 is 5.32 Å². The predicted molar refractivity (Wildman–Crippen MR) is 72.0 cm³/mol. The highest BCUT2D eigenvalue weighted by Gasteiger charge is 2.27. The van der Waals surface area contributed by atoms with Crippen LogP contribution in [-0.4, -0.2) is 21.6 Å². The van der Waals surface area contributed by atoms with E-state index in [1.807, 2.05) is 0 Å². The van der Waals surface area contributed by atoms with Crippen LogP contribution in [0, 0.1) is 0 Å². The van der Waals surface area contributed by atoms with Gasteiger partial charge in [-0.3, -0.25) is 0 Å². The molecule has 0 radical (unpaired) electrons. The van der Waals surface area contributed by atoms with E-state index in [0.29, 0.717) is 0 Å². The highest BCUT2D eigenvalue weighted by atomic mass is 35.5. The molecule has 1 unspecified atom stereocenters. The lowest BCUT2D eigenvalue weighted by Crippen LogP contribution is -2.40. The largest absolute Gasteiger partial charge is 0.301 e. The van der Waals surface area contributed by atoms with Crippen LogP contribution in [0.3, 0.4) is 0 Å². The molecule has 0 aliphatic heterocycles. The van der Waals surface area contributed by atoms with Gasteiger partial charge in [0.05, 0.1) is 15.0 Å². The zero-order valence-electron chi connectivity index (χ0n) is 9.76. The molecule has 0 bridgehead atoms. The fraction of sp³-hybridized carbons (Fsp3) is 0.500. The number of benzene rings is 1. The average molecular weight is 242 g/mol. The van der Waals surface area contributed by atoms with Gasteiger partial charge in [0.2, 0.25) is 0 Å². The third-order valence-corrected chi connectivity index (χ3v) is 5.77. The molecule has 1 N–H and O–H groups in total. The fourth-order valence-electron chi connectivity index (χ4n) is 1.67. The quantitative estimate of drug-likeness (QED) is 0.472. The van der Waals surface area contributed by atoms with Gasteiger partial charge in [0.15, 0.2) is 0 Å². The van der Waals surface area contributed by atoms with Gasteiger partial charge in [-0.2, -0.15) is 0 Å². The zero-order chi connectivity index (χ0) is 11.3. The zero-order valence-corrected chi connectivity index (χ0v) is 11.9. The second-order valence-electron chi connectivity index (χ2n) is 4.57. The van der Waals surface area contributed by atoms with Gasteiger partial charge in [0, 0.05) is 0 Å². The summed E-state index contributed by atoms with van der Waals surface area (Å²) in [6, 6.07) is 10.7. The molecule has 1 atom stereocenters. The number of hydrogen-bond acceptors (Lipinski definition) is 1. The molecule has 0 amide bonds. The van der Waals surface area contributed by atoms with Crippen molar-refractivity contribution in [3.05, 3.63) is 30.3 Å². The molecule has 0 fully saturated rings. The monoisotopic (exact) mass is 241 g/mol. The van der Waals surface area contributed by atoms with E-state index in [-0.39, 0.29) is 20.1 Å². The predicted octanol–water partition coefficient (Wildman–Crippen LogP) is 1.85. The van der Waals surface area contributed by atoms with Crippen LogP contribution in [0.25, 0.3) is 0 Å². The van der Waals surface area contributed by atoms with Gasteiger partial charge in [-0.1, -0.05) is 56.3 Å². The summed E-state index contributed by atoms with van der Waals surface area (Å²) in [7, 11) is -0.346. The second kappa shape index (κ2) is 5.68. The van der Waals surface area contributed by atoms with Gasteiger partial charge in [-0.15, -0.1) is 11.6 Å². The van der Waals surface area contributed by atoms with Gasteiger partial charge in [0.25, 0.3) is 0 Å². The molecule has 1 nitrogen and oxygen atoms in total. The smallest absolute Gasteiger partial charge is 0.0850 e. The summed E-state index contributed by atoms with van der Waals surface area (Å²) in [6.07, 6.45) is 0. The van der Waals surface area contributed by atoms with Gasteiger partial charge in [-0.05, 0) is 11.6 Å². The minimum atomic E-state index is -0.346. The third-order valence-electron chi connectivity index (χ3n) is 2.57. The highest BCUT2D eigenvalue weighted by Crippen LogP contribution is 2.29. The minimum absolute atomic E-state index is 0.0781. The Labute approximate surface area is 100 Å². The van der Waals surface area contributed by atoms with Crippen molar-refractivity contribution >= 4 is 26.3 Å². The Balaban J connectivity index is 2.63. The van der Waals surface area contributed by atoms with E-state index < -0.39 is 0 Å². The Morgan fingerprint density at radius 3 is 2.47 bits per heavy atom. The summed E-state index contributed by atoms with van der Waals surface area (Å²) in [5.41, 5.74) is 0.0781. The first kappa shape index (κ1) is 12.8. The molecule has 0 heterocycles. The Morgan fingerprint density at radius 1 is 1.33 bits per heavy atom. The number of alkyl halides is 1. The molecule has 0 saturated carbocycles. The molecule has 1 aromatic carbocycles. The van der Waals surface area contributed by atoms with Crippen LogP contribution in [0.4, 0.5) is 0 Å². The fourth-order valence-corrected chi connectivity index (χ4v) is 3.94. The first-order chi connectivity index (χ1) is 7.06. The van der Waals surface area contributed by atoms with Crippen LogP contribution in [0.5, 0.6) is 0 Å². The second-order valence-corrected chi connectivity index (χ2v) is 8.00. The molecule has 0 aliphatic rings. The van der Waals surface area contributed by atoms with E-state index in [4.69, 9.17) is 11.6 Å². The minimum Gasteiger partial charge on any atom is -0.301 e. The van der Waals surface area contributed by atoms with Crippen molar-refractivity contribution in [2.75, 3.05) is 6.54 Å². The Hall–Kier alpha value is -0.313. The van der Waals surface area contributed by atoms with Gasteiger partial charge in [0.1, 0.15) is 0 Å². The SMILES string of the molecule is CCNC(Cl)C(C)(C)[SiH2]c1ccccc1. The van der Waals surface area contributed by atoms with Crippen LogP contribution in [0.2, 0.25) is 5.04 Å². The van der Waals surface area contributed by atoms with Crippen molar-refractivity contribution in [2.45, 2.75) is 31.3 Å². The van der Waals surface area contributed by atoms with Crippen molar-refractivity contribution in [1.29, 1.82) is 0 Å². The lowest BCUT2D eigenvalue weighted by Gasteiger charge is -2.30. The molecular weight excluding hydrogens is 222 g/mol. The standard InChI is InChI=1S/C12H20ClNSi/c1-4-14-11(13)12(2,3)15-10-8-6-5-7-9-10/h5-9,11,14H,4,15H2,1-3H3. The molecule has 15 heavy (non-hydrogen) atoms. The molecule has 0 aromatic heterocycles. The third kappa shape index (κ3) is 3.97. The van der Waals surface area contributed by atoms with Gasteiger partial charge >= 0.3 is 0 Å². The van der Waals surface area contributed by atoms with Gasteiger partial charge in [-0.25, -0.2) is 0 Å².